The van der Waals surface area contributed by atoms with Gasteiger partial charge in [0.25, 0.3) is 0 Å². The second-order valence-corrected chi connectivity index (χ2v) is 4.19. The molecule has 0 spiro atoms. The average Bonchev–Trinajstić information content (AvgIpc) is 2.97. The van der Waals surface area contributed by atoms with Gasteiger partial charge in [-0.05, 0) is 19.1 Å². The SMILES string of the molecule is COC(=O)c1ccc([C@@H](C)OC(=O)c2cc[n+]([O-])cc2)o1. The van der Waals surface area contributed by atoms with Gasteiger partial charge in [0.15, 0.2) is 18.5 Å². The predicted octanol–water partition coefficient (Wildman–Crippen LogP) is 1.62. The number of ether oxygens (including phenoxy) is 2. The molecule has 0 amide bonds. The third-order valence-corrected chi connectivity index (χ3v) is 2.74. The number of furan rings is 1. The number of esters is 2. The van der Waals surface area contributed by atoms with Gasteiger partial charge >= 0.3 is 11.9 Å². The molecule has 2 aromatic heterocycles. The minimum absolute atomic E-state index is 0.0301. The van der Waals surface area contributed by atoms with Crippen LogP contribution < -0.4 is 4.73 Å². The Morgan fingerprint density at radius 3 is 2.48 bits per heavy atom. The molecular formula is C14H13NO6. The molecule has 0 saturated heterocycles. The minimum Gasteiger partial charge on any atom is -0.619 e. The lowest BCUT2D eigenvalue weighted by atomic mass is 10.2. The summed E-state index contributed by atoms with van der Waals surface area (Å²) >= 11 is 0. The number of pyridine rings is 1. The summed E-state index contributed by atoms with van der Waals surface area (Å²) in [6, 6.07) is 5.67. The highest BCUT2D eigenvalue weighted by molar-refractivity contribution is 5.89. The first-order valence-electron chi connectivity index (χ1n) is 6.09. The van der Waals surface area contributed by atoms with Crippen LogP contribution in [-0.4, -0.2) is 19.0 Å². The Morgan fingerprint density at radius 2 is 1.86 bits per heavy atom. The topological polar surface area (TPSA) is 92.7 Å². The number of hydrogen-bond acceptors (Lipinski definition) is 6. The monoisotopic (exact) mass is 291 g/mol. The second-order valence-electron chi connectivity index (χ2n) is 4.19. The van der Waals surface area contributed by atoms with E-state index in [1.807, 2.05) is 0 Å². The number of nitrogens with zero attached hydrogens (tertiary/aromatic N) is 1. The minimum atomic E-state index is -0.685. The van der Waals surface area contributed by atoms with Crippen molar-refractivity contribution in [3.63, 3.8) is 0 Å². The average molecular weight is 291 g/mol. The van der Waals surface area contributed by atoms with Gasteiger partial charge in [-0.25, -0.2) is 9.59 Å². The van der Waals surface area contributed by atoms with Crippen molar-refractivity contribution in [2.45, 2.75) is 13.0 Å². The molecule has 2 rings (SSSR count). The summed E-state index contributed by atoms with van der Waals surface area (Å²) in [6.45, 7) is 1.61. The molecule has 0 saturated carbocycles. The van der Waals surface area contributed by atoms with Crippen LogP contribution in [0.5, 0.6) is 0 Å². The van der Waals surface area contributed by atoms with Gasteiger partial charge in [0.05, 0.1) is 12.7 Å². The molecule has 0 aliphatic carbocycles. The molecule has 1 atom stereocenters. The summed E-state index contributed by atoms with van der Waals surface area (Å²) in [6.07, 6.45) is 1.71. The first-order chi connectivity index (χ1) is 10.0. The van der Waals surface area contributed by atoms with Crippen molar-refractivity contribution >= 4 is 11.9 Å². The van der Waals surface area contributed by atoms with E-state index >= 15 is 0 Å². The molecule has 0 aliphatic heterocycles. The molecule has 0 fully saturated rings. The van der Waals surface area contributed by atoms with E-state index in [0.717, 1.165) is 0 Å². The third kappa shape index (κ3) is 3.38. The summed E-state index contributed by atoms with van der Waals surface area (Å²) in [5.41, 5.74) is 0.244. The van der Waals surface area contributed by atoms with E-state index in [1.165, 1.54) is 43.8 Å². The first kappa shape index (κ1) is 14.6. The molecular weight excluding hydrogens is 278 g/mol. The van der Waals surface area contributed by atoms with Crippen LogP contribution in [-0.2, 0) is 9.47 Å². The van der Waals surface area contributed by atoms with Gasteiger partial charge in [0, 0.05) is 12.1 Å². The highest BCUT2D eigenvalue weighted by Gasteiger charge is 2.19. The van der Waals surface area contributed by atoms with E-state index < -0.39 is 18.0 Å². The Balaban J connectivity index is 2.05. The third-order valence-electron chi connectivity index (χ3n) is 2.74. The lowest BCUT2D eigenvalue weighted by molar-refractivity contribution is -0.605. The smallest absolute Gasteiger partial charge is 0.373 e. The zero-order chi connectivity index (χ0) is 15.4. The van der Waals surface area contributed by atoms with Crippen molar-refractivity contribution in [1.29, 1.82) is 0 Å². The van der Waals surface area contributed by atoms with E-state index in [9.17, 15) is 14.8 Å². The van der Waals surface area contributed by atoms with Gasteiger partial charge in [0.2, 0.25) is 5.76 Å². The number of carbonyl (C=O) groups excluding carboxylic acids is 2. The number of methoxy groups -OCH3 is 1. The Labute approximate surface area is 120 Å². The Morgan fingerprint density at radius 1 is 1.19 bits per heavy atom. The lowest BCUT2D eigenvalue weighted by Crippen LogP contribution is -2.24. The fourth-order valence-corrected chi connectivity index (χ4v) is 1.62. The van der Waals surface area contributed by atoms with Gasteiger partial charge in [-0.1, -0.05) is 0 Å². The highest BCUT2D eigenvalue weighted by Crippen LogP contribution is 2.21. The normalized spacial score (nSPS) is 11.7. The second kappa shape index (κ2) is 6.08. The Hall–Kier alpha value is -2.83. The predicted molar refractivity (Wildman–Crippen MR) is 69.3 cm³/mol. The van der Waals surface area contributed by atoms with Crippen LogP contribution in [0.25, 0.3) is 0 Å². The zero-order valence-corrected chi connectivity index (χ0v) is 11.4. The number of aromatic nitrogens is 1. The van der Waals surface area contributed by atoms with E-state index in [-0.39, 0.29) is 11.3 Å². The van der Waals surface area contributed by atoms with E-state index in [4.69, 9.17) is 9.15 Å². The van der Waals surface area contributed by atoms with Crippen molar-refractivity contribution in [1.82, 2.24) is 0 Å². The maximum atomic E-state index is 11.9. The molecule has 110 valence electrons. The summed E-state index contributed by atoms with van der Waals surface area (Å²) in [7, 11) is 1.24. The van der Waals surface area contributed by atoms with Crippen molar-refractivity contribution in [3.8, 4) is 0 Å². The Bertz CT molecular complexity index is 646. The fraction of sp³-hybridized carbons (Fsp3) is 0.214. The van der Waals surface area contributed by atoms with Crippen molar-refractivity contribution in [2.24, 2.45) is 0 Å². The first-order valence-corrected chi connectivity index (χ1v) is 6.09. The van der Waals surface area contributed by atoms with Crippen LogP contribution in [0.3, 0.4) is 0 Å². The van der Waals surface area contributed by atoms with E-state index in [1.54, 1.807) is 6.92 Å². The van der Waals surface area contributed by atoms with Crippen molar-refractivity contribution < 1.29 is 28.2 Å². The van der Waals surface area contributed by atoms with Crippen LogP contribution >= 0.6 is 0 Å². The van der Waals surface area contributed by atoms with Crippen molar-refractivity contribution in [3.05, 3.63) is 59.0 Å². The van der Waals surface area contributed by atoms with Crippen LogP contribution in [0.15, 0.2) is 41.1 Å². The Kier molecular flexibility index (Phi) is 4.22. The van der Waals surface area contributed by atoms with Gasteiger partial charge in [-0.15, -0.1) is 0 Å². The molecule has 7 nitrogen and oxygen atoms in total. The van der Waals surface area contributed by atoms with Gasteiger partial charge in [0.1, 0.15) is 5.76 Å². The van der Waals surface area contributed by atoms with Gasteiger partial charge in [-0.3, -0.25) is 0 Å². The lowest BCUT2D eigenvalue weighted by Gasteiger charge is -2.10. The fourth-order valence-electron chi connectivity index (χ4n) is 1.62. The van der Waals surface area contributed by atoms with Crippen molar-refractivity contribution in [2.75, 3.05) is 7.11 Å². The molecule has 0 radical (unpaired) electrons. The molecule has 2 aromatic rings. The quantitative estimate of drug-likeness (QED) is 0.483. The molecule has 0 bridgehead atoms. The van der Waals surface area contributed by atoms with E-state index in [2.05, 4.69) is 4.74 Å². The number of hydrogen-bond donors (Lipinski definition) is 0. The molecule has 0 unspecified atom stereocenters. The molecule has 0 N–H and O–H groups in total. The summed E-state index contributed by atoms with van der Waals surface area (Å²) in [4.78, 5) is 23.1. The number of rotatable bonds is 4. The van der Waals surface area contributed by atoms with Crippen LogP contribution in [0.1, 0.15) is 39.7 Å². The molecule has 2 heterocycles. The van der Waals surface area contributed by atoms with Gasteiger partial charge < -0.3 is 19.1 Å². The van der Waals surface area contributed by atoms with Crippen LogP contribution in [0.4, 0.5) is 0 Å². The largest absolute Gasteiger partial charge is 0.619 e. The van der Waals surface area contributed by atoms with Gasteiger partial charge in [-0.2, -0.15) is 4.73 Å². The van der Waals surface area contributed by atoms with Crippen LogP contribution in [0.2, 0.25) is 0 Å². The maximum absolute atomic E-state index is 11.9. The summed E-state index contributed by atoms with van der Waals surface area (Å²) < 4.78 is 15.5. The van der Waals surface area contributed by atoms with E-state index in [0.29, 0.717) is 10.5 Å². The molecule has 7 heteroatoms. The summed E-state index contributed by atoms with van der Waals surface area (Å²) in [5.74, 6) is -0.858. The summed E-state index contributed by atoms with van der Waals surface area (Å²) in [5, 5.41) is 10.9. The standard InChI is InChI=1S/C14H13NO6/c1-9(11-3-4-12(21-11)14(17)19-2)20-13(16)10-5-7-15(18)8-6-10/h3-9H,1-2H3/t9-/m1/s1. The maximum Gasteiger partial charge on any atom is 0.373 e. The molecule has 0 aliphatic rings. The zero-order valence-electron chi connectivity index (χ0n) is 11.4. The van der Waals surface area contributed by atoms with Crippen LogP contribution in [0, 0.1) is 5.21 Å². The molecule has 0 aromatic carbocycles. The molecule has 21 heavy (non-hydrogen) atoms. The highest BCUT2D eigenvalue weighted by atomic mass is 16.6. The number of carbonyl (C=O) groups is 2.